The molecule has 0 spiro atoms. The number of aryl methyl sites for hydroxylation is 1. The van der Waals surface area contributed by atoms with Crippen molar-refractivity contribution in [3.63, 3.8) is 0 Å². The molecule has 4 heteroatoms. The molecule has 2 N–H and O–H groups in total. The molecular weight excluding hydrogens is 266 g/mol. The van der Waals surface area contributed by atoms with E-state index in [2.05, 4.69) is 22.5 Å². The zero-order valence-electron chi connectivity index (χ0n) is 12.5. The summed E-state index contributed by atoms with van der Waals surface area (Å²) in [6, 6.07) is 1.45. The van der Waals surface area contributed by atoms with Crippen molar-refractivity contribution in [3.05, 3.63) is 16.1 Å². The van der Waals surface area contributed by atoms with Crippen molar-refractivity contribution in [2.75, 3.05) is 6.54 Å². The zero-order chi connectivity index (χ0) is 13.8. The van der Waals surface area contributed by atoms with Crippen LogP contribution >= 0.6 is 11.3 Å². The number of aromatic nitrogens is 1. The van der Waals surface area contributed by atoms with E-state index in [0.29, 0.717) is 6.04 Å². The number of rotatable bonds is 4. The SMILES string of the molecule is Cc1ncsc1CNC1CCCCC1C1CCCCN1. The Labute approximate surface area is 126 Å². The van der Waals surface area contributed by atoms with Gasteiger partial charge in [0.2, 0.25) is 0 Å². The van der Waals surface area contributed by atoms with E-state index < -0.39 is 0 Å². The van der Waals surface area contributed by atoms with Gasteiger partial charge in [0, 0.05) is 23.5 Å². The first-order valence-corrected chi connectivity index (χ1v) is 9.08. The number of piperidine rings is 1. The van der Waals surface area contributed by atoms with Crippen molar-refractivity contribution in [2.45, 2.75) is 70.5 Å². The van der Waals surface area contributed by atoms with Gasteiger partial charge in [-0.3, -0.25) is 0 Å². The van der Waals surface area contributed by atoms with E-state index in [4.69, 9.17) is 0 Å². The van der Waals surface area contributed by atoms with Gasteiger partial charge in [0.05, 0.1) is 11.2 Å². The van der Waals surface area contributed by atoms with Crippen molar-refractivity contribution in [2.24, 2.45) is 5.92 Å². The minimum absolute atomic E-state index is 0.695. The highest BCUT2D eigenvalue weighted by atomic mass is 32.1. The second-order valence-corrected chi connectivity index (χ2v) is 7.29. The maximum atomic E-state index is 4.36. The number of nitrogens with one attached hydrogen (secondary N) is 2. The summed E-state index contributed by atoms with van der Waals surface area (Å²) in [5, 5.41) is 7.62. The third-order valence-electron chi connectivity index (χ3n) is 5.05. The van der Waals surface area contributed by atoms with Gasteiger partial charge < -0.3 is 10.6 Å². The molecule has 1 saturated carbocycles. The van der Waals surface area contributed by atoms with Crippen molar-refractivity contribution in [3.8, 4) is 0 Å². The van der Waals surface area contributed by atoms with Gasteiger partial charge in [0.25, 0.3) is 0 Å². The number of hydrogen-bond donors (Lipinski definition) is 2. The normalized spacial score (nSPS) is 31.4. The molecule has 0 amide bonds. The average Bonchev–Trinajstić information content (AvgIpc) is 2.92. The summed E-state index contributed by atoms with van der Waals surface area (Å²) < 4.78 is 0. The predicted molar refractivity (Wildman–Crippen MR) is 85.1 cm³/mol. The van der Waals surface area contributed by atoms with Crippen LogP contribution in [0.4, 0.5) is 0 Å². The van der Waals surface area contributed by atoms with Crippen LogP contribution in [0.25, 0.3) is 0 Å². The molecule has 20 heavy (non-hydrogen) atoms. The summed E-state index contributed by atoms with van der Waals surface area (Å²) in [5.41, 5.74) is 3.17. The minimum atomic E-state index is 0.695. The summed E-state index contributed by atoms with van der Waals surface area (Å²) in [5.74, 6) is 0.831. The lowest BCUT2D eigenvalue weighted by atomic mass is 9.77. The highest BCUT2D eigenvalue weighted by Gasteiger charge is 2.32. The standard InChI is InChI=1S/C16H27N3S/c1-12-16(20-11-19-12)10-18-15-7-3-2-6-13(15)14-8-4-5-9-17-14/h11,13-15,17-18H,2-10H2,1H3. The van der Waals surface area contributed by atoms with Crippen molar-refractivity contribution in [1.82, 2.24) is 15.6 Å². The number of nitrogens with zero attached hydrogens (tertiary/aromatic N) is 1. The predicted octanol–water partition coefficient (Wildman–Crippen LogP) is 3.24. The molecule has 0 aromatic carbocycles. The van der Waals surface area contributed by atoms with Crippen LogP contribution in [0.5, 0.6) is 0 Å². The first-order valence-electron chi connectivity index (χ1n) is 8.20. The van der Waals surface area contributed by atoms with Gasteiger partial charge in [-0.05, 0) is 45.1 Å². The van der Waals surface area contributed by atoms with Crippen molar-refractivity contribution < 1.29 is 0 Å². The topological polar surface area (TPSA) is 37.0 Å². The van der Waals surface area contributed by atoms with Crippen molar-refractivity contribution >= 4 is 11.3 Å². The molecule has 2 fully saturated rings. The third kappa shape index (κ3) is 3.41. The second kappa shape index (κ2) is 7.01. The highest BCUT2D eigenvalue weighted by Crippen LogP contribution is 2.30. The fourth-order valence-corrected chi connectivity index (χ4v) is 4.59. The van der Waals surface area contributed by atoms with Gasteiger partial charge in [-0.25, -0.2) is 4.98 Å². The molecule has 3 unspecified atom stereocenters. The molecule has 3 atom stereocenters. The summed E-state index contributed by atoms with van der Waals surface area (Å²) in [7, 11) is 0. The molecule has 1 aliphatic carbocycles. The van der Waals surface area contributed by atoms with Gasteiger partial charge in [-0.2, -0.15) is 0 Å². The maximum Gasteiger partial charge on any atom is 0.0798 e. The molecule has 2 heterocycles. The molecule has 3 nitrogen and oxygen atoms in total. The van der Waals surface area contributed by atoms with E-state index >= 15 is 0 Å². The molecule has 3 rings (SSSR count). The van der Waals surface area contributed by atoms with Crippen LogP contribution in [0.3, 0.4) is 0 Å². The fourth-order valence-electron chi connectivity index (χ4n) is 3.86. The molecule has 1 aromatic heterocycles. The van der Waals surface area contributed by atoms with Gasteiger partial charge in [-0.15, -0.1) is 11.3 Å². The first kappa shape index (κ1) is 14.5. The van der Waals surface area contributed by atoms with E-state index in [1.54, 1.807) is 11.3 Å². The van der Waals surface area contributed by atoms with Gasteiger partial charge in [0.15, 0.2) is 0 Å². The Morgan fingerprint density at radius 3 is 2.85 bits per heavy atom. The Kier molecular flexibility index (Phi) is 5.08. The van der Waals surface area contributed by atoms with Crippen LogP contribution in [0, 0.1) is 12.8 Å². The molecule has 1 saturated heterocycles. The van der Waals surface area contributed by atoms with E-state index in [0.717, 1.165) is 18.5 Å². The largest absolute Gasteiger partial charge is 0.314 e. The Hall–Kier alpha value is -0.450. The van der Waals surface area contributed by atoms with Gasteiger partial charge in [0.1, 0.15) is 0 Å². The fraction of sp³-hybridized carbons (Fsp3) is 0.812. The van der Waals surface area contributed by atoms with Crippen LogP contribution in [0.2, 0.25) is 0 Å². The molecule has 1 aromatic rings. The Morgan fingerprint density at radius 1 is 1.25 bits per heavy atom. The summed E-state index contributed by atoms with van der Waals surface area (Å²) in [6.45, 7) is 4.35. The summed E-state index contributed by atoms with van der Waals surface area (Å²) >= 11 is 1.79. The Bertz CT molecular complexity index is 412. The quantitative estimate of drug-likeness (QED) is 0.895. The van der Waals surface area contributed by atoms with E-state index in [-0.39, 0.29) is 0 Å². The minimum Gasteiger partial charge on any atom is -0.314 e. The molecule has 2 aliphatic rings. The highest BCUT2D eigenvalue weighted by molar-refractivity contribution is 7.09. The lowest BCUT2D eigenvalue weighted by Gasteiger charge is -2.40. The lowest BCUT2D eigenvalue weighted by Crippen LogP contribution is -2.50. The van der Waals surface area contributed by atoms with Crippen LogP contribution < -0.4 is 10.6 Å². The lowest BCUT2D eigenvalue weighted by molar-refractivity contribution is 0.181. The maximum absolute atomic E-state index is 4.36. The van der Waals surface area contributed by atoms with Crippen LogP contribution in [0.15, 0.2) is 5.51 Å². The van der Waals surface area contributed by atoms with E-state index in [1.165, 1.54) is 62.1 Å². The molecule has 0 radical (unpaired) electrons. The monoisotopic (exact) mass is 293 g/mol. The second-order valence-electron chi connectivity index (χ2n) is 6.35. The van der Waals surface area contributed by atoms with E-state index in [9.17, 15) is 0 Å². The van der Waals surface area contributed by atoms with Gasteiger partial charge in [-0.1, -0.05) is 19.3 Å². The Morgan fingerprint density at radius 2 is 2.10 bits per heavy atom. The summed E-state index contributed by atoms with van der Waals surface area (Å²) in [4.78, 5) is 5.76. The first-order chi connectivity index (χ1) is 9.84. The smallest absolute Gasteiger partial charge is 0.0798 e. The Balaban J connectivity index is 1.58. The van der Waals surface area contributed by atoms with Crippen LogP contribution in [-0.4, -0.2) is 23.6 Å². The average molecular weight is 293 g/mol. The summed E-state index contributed by atoms with van der Waals surface area (Å²) in [6.07, 6.45) is 9.71. The number of thiazole rings is 1. The third-order valence-corrected chi connectivity index (χ3v) is 5.99. The van der Waals surface area contributed by atoms with Crippen molar-refractivity contribution in [1.29, 1.82) is 0 Å². The van der Waals surface area contributed by atoms with E-state index in [1.807, 2.05) is 5.51 Å². The van der Waals surface area contributed by atoms with Crippen LogP contribution in [-0.2, 0) is 6.54 Å². The van der Waals surface area contributed by atoms with Gasteiger partial charge >= 0.3 is 0 Å². The molecule has 112 valence electrons. The molecule has 0 bridgehead atoms. The number of hydrogen-bond acceptors (Lipinski definition) is 4. The molecular formula is C16H27N3S. The molecule has 1 aliphatic heterocycles. The van der Waals surface area contributed by atoms with Crippen LogP contribution in [0.1, 0.15) is 55.5 Å². The zero-order valence-corrected chi connectivity index (χ0v) is 13.3.